The molecule has 5 heteroatoms. The molecule has 0 saturated carbocycles. The first-order valence-corrected chi connectivity index (χ1v) is 5.84. The fourth-order valence-electron chi connectivity index (χ4n) is 1.22. The van der Waals surface area contributed by atoms with E-state index in [0.29, 0.717) is 0 Å². The summed E-state index contributed by atoms with van der Waals surface area (Å²) in [4.78, 5) is 7.91. The minimum Gasteiger partial charge on any atom is -0.330 e. The highest BCUT2D eigenvalue weighted by Crippen LogP contribution is 2.17. The van der Waals surface area contributed by atoms with Crippen LogP contribution in [0.3, 0.4) is 0 Å². The number of thiazole rings is 1. The lowest BCUT2D eigenvalue weighted by molar-refractivity contribution is 0.628. The molecule has 1 aromatic heterocycles. The Morgan fingerprint density at radius 1 is 1.31 bits per heavy atom. The van der Waals surface area contributed by atoms with Crippen molar-refractivity contribution in [2.45, 2.75) is 0 Å². The highest BCUT2D eigenvalue weighted by molar-refractivity contribution is 7.07. The molecule has 0 atom stereocenters. The van der Waals surface area contributed by atoms with Crippen LogP contribution in [0.2, 0.25) is 0 Å². The number of halogens is 2. The molecule has 0 amide bonds. The van der Waals surface area contributed by atoms with E-state index in [4.69, 9.17) is 11.6 Å². The van der Waals surface area contributed by atoms with Gasteiger partial charge in [-0.3, -0.25) is 0 Å². The summed E-state index contributed by atoms with van der Waals surface area (Å²) in [5.41, 5.74) is 3.17. The molecule has 16 heavy (non-hydrogen) atoms. The predicted molar refractivity (Wildman–Crippen MR) is 64.6 cm³/mol. The third kappa shape index (κ3) is 2.59. The molecule has 2 aromatic rings. The van der Waals surface area contributed by atoms with Crippen molar-refractivity contribution in [2.75, 3.05) is 0 Å². The molecule has 2 nitrogen and oxygen atoms in total. The van der Waals surface area contributed by atoms with E-state index >= 15 is 0 Å². The van der Waals surface area contributed by atoms with Crippen LogP contribution in [0, 0.1) is 5.82 Å². The lowest BCUT2D eigenvalue weighted by Gasteiger charge is -1.95. The first-order valence-electron chi connectivity index (χ1n) is 4.52. The summed E-state index contributed by atoms with van der Waals surface area (Å²) in [5, 5.41) is 1.92. The van der Waals surface area contributed by atoms with E-state index in [1.807, 2.05) is 5.38 Å². The summed E-state index contributed by atoms with van der Waals surface area (Å²) < 4.78 is 12.7. The van der Waals surface area contributed by atoms with Crippen LogP contribution in [-0.4, -0.2) is 4.98 Å². The van der Waals surface area contributed by atoms with Crippen LogP contribution in [-0.2, 0) is 0 Å². The van der Waals surface area contributed by atoms with Crippen LogP contribution in [0.15, 0.2) is 46.4 Å². The Hall–Kier alpha value is -1.39. The summed E-state index contributed by atoms with van der Waals surface area (Å²) in [7, 11) is 0. The zero-order valence-electron chi connectivity index (χ0n) is 8.15. The normalized spacial score (nSPS) is 12.5. The minimum absolute atomic E-state index is 0.242. The number of nitrogens with one attached hydrogen (secondary N) is 1. The van der Waals surface area contributed by atoms with Crippen LogP contribution in [0.25, 0.3) is 11.3 Å². The van der Waals surface area contributed by atoms with Gasteiger partial charge in [-0.2, -0.15) is 0 Å². The zero-order chi connectivity index (χ0) is 11.4. The van der Waals surface area contributed by atoms with Crippen molar-refractivity contribution in [2.24, 2.45) is 4.99 Å². The first kappa shape index (κ1) is 11.1. The van der Waals surface area contributed by atoms with Gasteiger partial charge >= 0.3 is 0 Å². The van der Waals surface area contributed by atoms with Crippen LogP contribution in [0.4, 0.5) is 4.39 Å². The average molecular weight is 255 g/mol. The van der Waals surface area contributed by atoms with Crippen molar-refractivity contribution >= 4 is 22.9 Å². The zero-order valence-corrected chi connectivity index (χ0v) is 9.73. The number of nitrogens with zero attached hydrogens (tertiary/aromatic N) is 1. The molecule has 0 aliphatic heterocycles. The Morgan fingerprint density at radius 2 is 2.06 bits per heavy atom. The first-order chi connectivity index (χ1) is 7.79. The third-order valence-corrected chi connectivity index (χ3v) is 2.83. The molecule has 1 aromatic carbocycles. The fraction of sp³-hybridized carbons (Fsp3) is 0. The fourth-order valence-corrected chi connectivity index (χ4v) is 1.99. The highest BCUT2D eigenvalue weighted by Gasteiger charge is 1.99. The van der Waals surface area contributed by atoms with E-state index in [1.165, 1.54) is 35.2 Å². The predicted octanol–water partition coefficient (Wildman–Crippen LogP) is 3.49. The maximum Gasteiger partial charge on any atom is 0.187 e. The van der Waals surface area contributed by atoms with Gasteiger partial charge in [-0.05, 0) is 29.8 Å². The molecule has 0 aliphatic rings. The molecule has 2 rings (SSSR count). The SMILES string of the molecule is Fc1ccc(-c2csc(=NC=CCl)[nH]2)cc1. The van der Waals surface area contributed by atoms with Gasteiger partial charge in [0.1, 0.15) is 5.82 Å². The van der Waals surface area contributed by atoms with Crippen molar-refractivity contribution in [3.8, 4) is 11.3 Å². The van der Waals surface area contributed by atoms with Gasteiger partial charge in [0.05, 0.1) is 5.69 Å². The second kappa shape index (κ2) is 5.09. The average Bonchev–Trinajstić information content (AvgIpc) is 2.76. The highest BCUT2D eigenvalue weighted by atomic mass is 35.5. The standard InChI is InChI=1S/C11H8ClFN2S/c12-5-6-14-11-15-10(7-16-11)8-1-3-9(13)4-2-8/h1-7H,(H,14,15). The molecule has 82 valence electrons. The lowest BCUT2D eigenvalue weighted by atomic mass is 10.2. The molecule has 0 fully saturated rings. The molecular weight excluding hydrogens is 247 g/mol. The van der Waals surface area contributed by atoms with E-state index < -0.39 is 0 Å². The molecule has 0 bridgehead atoms. The van der Waals surface area contributed by atoms with Gasteiger partial charge in [-0.15, -0.1) is 11.3 Å². The third-order valence-electron chi connectivity index (χ3n) is 1.93. The van der Waals surface area contributed by atoms with Crippen LogP contribution in [0.1, 0.15) is 0 Å². The quantitative estimate of drug-likeness (QED) is 0.850. The Morgan fingerprint density at radius 3 is 2.75 bits per heavy atom. The van der Waals surface area contributed by atoms with E-state index in [9.17, 15) is 4.39 Å². The number of hydrogen-bond acceptors (Lipinski definition) is 2. The van der Waals surface area contributed by atoms with Crippen molar-refractivity contribution in [1.82, 2.24) is 4.98 Å². The molecule has 1 N–H and O–H groups in total. The summed E-state index contributed by atoms with van der Waals surface area (Å²) in [6, 6.07) is 6.29. The largest absolute Gasteiger partial charge is 0.330 e. The van der Waals surface area contributed by atoms with E-state index in [-0.39, 0.29) is 5.82 Å². The topological polar surface area (TPSA) is 28.1 Å². The molecule has 0 unspecified atom stereocenters. The van der Waals surface area contributed by atoms with Gasteiger partial charge in [-0.25, -0.2) is 9.38 Å². The second-order valence-electron chi connectivity index (χ2n) is 2.99. The van der Waals surface area contributed by atoms with Crippen molar-refractivity contribution in [1.29, 1.82) is 0 Å². The summed E-state index contributed by atoms with van der Waals surface area (Å²) in [6.45, 7) is 0. The van der Waals surface area contributed by atoms with Gasteiger partial charge in [0.15, 0.2) is 4.80 Å². The summed E-state index contributed by atoms with van der Waals surface area (Å²) in [6.07, 6.45) is 1.50. The molecule has 0 spiro atoms. The van der Waals surface area contributed by atoms with Crippen molar-refractivity contribution in [3.63, 3.8) is 0 Å². The van der Waals surface area contributed by atoms with Crippen LogP contribution >= 0.6 is 22.9 Å². The minimum atomic E-state index is -0.242. The number of benzene rings is 1. The Labute approximate surface area is 101 Å². The van der Waals surface area contributed by atoms with Crippen LogP contribution in [0.5, 0.6) is 0 Å². The van der Waals surface area contributed by atoms with E-state index in [2.05, 4.69) is 9.98 Å². The van der Waals surface area contributed by atoms with Crippen LogP contribution < -0.4 is 4.80 Å². The van der Waals surface area contributed by atoms with Gasteiger partial charge in [0.2, 0.25) is 0 Å². The Bertz CT molecular complexity index is 554. The Balaban J connectivity index is 2.35. The molecule has 0 saturated heterocycles. The van der Waals surface area contributed by atoms with Crippen molar-refractivity contribution < 1.29 is 4.39 Å². The monoisotopic (exact) mass is 254 g/mol. The molecule has 1 heterocycles. The number of hydrogen-bond donors (Lipinski definition) is 1. The summed E-state index contributed by atoms with van der Waals surface area (Å²) >= 11 is 6.83. The molecular formula is C11H8ClFN2S. The lowest BCUT2D eigenvalue weighted by Crippen LogP contribution is -1.95. The number of aromatic amines is 1. The number of aromatic nitrogens is 1. The Kier molecular flexibility index (Phi) is 3.54. The van der Waals surface area contributed by atoms with Gasteiger partial charge in [0.25, 0.3) is 0 Å². The van der Waals surface area contributed by atoms with Gasteiger partial charge in [0, 0.05) is 17.1 Å². The maximum absolute atomic E-state index is 12.7. The smallest absolute Gasteiger partial charge is 0.187 e. The molecule has 0 radical (unpaired) electrons. The molecule has 0 aliphatic carbocycles. The number of H-pyrrole nitrogens is 1. The summed E-state index contributed by atoms with van der Waals surface area (Å²) in [5.74, 6) is -0.242. The van der Waals surface area contributed by atoms with Gasteiger partial charge < -0.3 is 4.98 Å². The van der Waals surface area contributed by atoms with Gasteiger partial charge in [-0.1, -0.05) is 11.6 Å². The number of rotatable bonds is 2. The van der Waals surface area contributed by atoms with E-state index in [0.717, 1.165) is 16.1 Å². The second-order valence-corrected chi connectivity index (χ2v) is 4.10. The van der Waals surface area contributed by atoms with E-state index in [1.54, 1.807) is 12.1 Å². The van der Waals surface area contributed by atoms with Crippen molar-refractivity contribution in [3.05, 3.63) is 52.0 Å². The maximum atomic E-state index is 12.7.